The zero-order valence-corrected chi connectivity index (χ0v) is 19.1. The number of nitro benzene ring substituents is 1. The summed E-state index contributed by atoms with van der Waals surface area (Å²) in [6, 6.07) is 23.5. The van der Waals surface area contributed by atoms with Crippen LogP contribution in [-0.2, 0) is 0 Å². The summed E-state index contributed by atoms with van der Waals surface area (Å²) in [6.45, 7) is 0. The molecule has 1 N–H and O–H groups in total. The molecule has 0 radical (unpaired) electrons. The van der Waals surface area contributed by atoms with Gasteiger partial charge in [0.15, 0.2) is 5.11 Å². The molecule has 2 atom stereocenters. The number of nitrogens with zero attached hydrogens (tertiary/aromatic N) is 4. The normalized spacial score (nSPS) is 17.4. The predicted molar refractivity (Wildman–Crippen MR) is 133 cm³/mol. The molecular formula is C25H21N5O3S. The molecule has 4 aromatic rings. The number of nitrogens with one attached hydrogen (secondary N) is 1. The van der Waals surface area contributed by atoms with Crippen molar-refractivity contribution in [3.8, 4) is 11.4 Å². The van der Waals surface area contributed by atoms with Crippen LogP contribution in [-0.4, -0.2) is 26.7 Å². The number of hydrogen-bond donors (Lipinski definition) is 1. The van der Waals surface area contributed by atoms with Gasteiger partial charge in [-0.05, 0) is 60.7 Å². The molecule has 34 heavy (non-hydrogen) atoms. The molecule has 170 valence electrons. The van der Waals surface area contributed by atoms with Crippen molar-refractivity contribution in [2.24, 2.45) is 0 Å². The molecule has 1 fully saturated rings. The number of para-hydroxylation sites is 2. The van der Waals surface area contributed by atoms with Crippen LogP contribution in [0.5, 0.6) is 5.75 Å². The van der Waals surface area contributed by atoms with E-state index in [2.05, 4.69) is 10.3 Å². The molecule has 0 aliphatic carbocycles. The van der Waals surface area contributed by atoms with Gasteiger partial charge in [0.1, 0.15) is 11.8 Å². The van der Waals surface area contributed by atoms with Crippen LogP contribution in [0.15, 0.2) is 91.3 Å². The summed E-state index contributed by atoms with van der Waals surface area (Å²) in [7, 11) is 1.64. The van der Waals surface area contributed by atoms with Crippen molar-refractivity contribution in [2.75, 3.05) is 12.0 Å². The van der Waals surface area contributed by atoms with Crippen LogP contribution >= 0.6 is 12.2 Å². The quantitative estimate of drug-likeness (QED) is 0.241. The topological polar surface area (TPSA) is 85.5 Å². The van der Waals surface area contributed by atoms with Crippen LogP contribution in [0.4, 0.5) is 11.4 Å². The molecule has 1 aliphatic rings. The molecule has 0 saturated carbocycles. The molecule has 1 aliphatic heterocycles. The summed E-state index contributed by atoms with van der Waals surface area (Å²) in [5.74, 6) is 0.701. The van der Waals surface area contributed by atoms with Gasteiger partial charge in [0, 0.05) is 35.9 Å². The lowest BCUT2D eigenvalue weighted by Crippen LogP contribution is -2.30. The monoisotopic (exact) mass is 471 g/mol. The smallest absolute Gasteiger partial charge is 0.269 e. The molecule has 2 unspecified atom stereocenters. The van der Waals surface area contributed by atoms with Gasteiger partial charge in [0.2, 0.25) is 0 Å². The van der Waals surface area contributed by atoms with Crippen LogP contribution < -0.4 is 15.0 Å². The number of ether oxygens (including phenoxy) is 1. The third kappa shape index (κ3) is 3.75. The highest BCUT2D eigenvalue weighted by Crippen LogP contribution is 2.44. The van der Waals surface area contributed by atoms with Crippen LogP contribution in [0.1, 0.15) is 23.5 Å². The third-order valence-electron chi connectivity index (χ3n) is 5.86. The minimum Gasteiger partial charge on any atom is -0.495 e. The number of pyridine rings is 1. The largest absolute Gasteiger partial charge is 0.495 e. The van der Waals surface area contributed by atoms with E-state index in [-0.39, 0.29) is 17.8 Å². The van der Waals surface area contributed by atoms with Gasteiger partial charge in [0.25, 0.3) is 5.69 Å². The molecule has 1 saturated heterocycles. The van der Waals surface area contributed by atoms with E-state index in [9.17, 15) is 10.1 Å². The van der Waals surface area contributed by atoms with E-state index in [1.54, 1.807) is 25.4 Å². The van der Waals surface area contributed by atoms with Crippen molar-refractivity contribution in [3.63, 3.8) is 0 Å². The van der Waals surface area contributed by atoms with Crippen molar-refractivity contribution in [1.82, 2.24) is 14.9 Å². The first-order valence-corrected chi connectivity index (χ1v) is 11.0. The van der Waals surface area contributed by atoms with Gasteiger partial charge in [-0.1, -0.05) is 18.2 Å². The first kappa shape index (κ1) is 21.6. The van der Waals surface area contributed by atoms with Gasteiger partial charge in [-0.25, -0.2) is 0 Å². The summed E-state index contributed by atoms with van der Waals surface area (Å²) in [5, 5.41) is 15.1. The molecule has 3 heterocycles. The maximum atomic E-state index is 11.1. The zero-order chi connectivity index (χ0) is 23.7. The average molecular weight is 472 g/mol. The van der Waals surface area contributed by atoms with Crippen molar-refractivity contribution in [3.05, 3.63) is 113 Å². The number of nitro groups is 1. The van der Waals surface area contributed by atoms with E-state index in [1.807, 2.05) is 70.3 Å². The van der Waals surface area contributed by atoms with E-state index >= 15 is 0 Å². The van der Waals surface area contributed by atoms with E-state index in [0.717, 1.165) is 22.8 Å². The Morgan fingerprint density at radius 2 is 1.79 bits per heavy atom. The van der Waals surface area contributed by atoms with Gasteiger partial charge in [-0.2, -0.15) is 0 Å². The molecule has 0 spiro atoms. The Balaban J connectivity index is 1.66. The number of benzene rings is 2. The standard InChI is InChI=1S/C25H21N5O3S/c1-33-22-10-3-2-8-20(22)29-24(23(27-25(29)34)19-7-4-5-15-26-19)21-9-6-16-28(21)17-11-13-18(14-12-17)30(31)32/h2-16,23-24H,1H3,(H,27,34). The zero-order valence-electron chi connectivity index (χ0n) is 18.2. The number of thiocarbonyl (C=S) groups is 1. The first-order chi connectivity index (χ1) is 16.6. The summed E-state index contributed by atoms with van der Waals surface area (Å²) in [4.78, 5) is 17.4. The number of hydrogen-bond acceptors (Lipinski definition) is 5. The van der Waals surface area contributed by atoms with Gasteiger partial charge in [0.05, 0.1) is 29.5 Å². The van der Waals surface area contributed by atoms with Crippen molar-refractivity contribution in [1.29, 1.82) is 0 Å². The summed E-state index contributed by atoms with van der Waals surface area (Å²) < 4.78 is 7.66. The maximum absolute atomic E-state index is 11.1. The van der Waals surface area contributed by atoms with Crippen LogP contribution in [0.25, 0.3) is 5.69 Å². The molecule has 2 aromatic heterocycles. The summed E-state index contributed by atoms with van der Waals surface area (Å²) >= 11 is 5.81. The second-order valence-electron chi connectivity index (χ2n) is 7.75. The van der Waals surface area contributed by atoms with Crippen molar-refractivity contribution >= 4 is 28.7 Å². The molecule has 0 amide bonds. The van der Waals surface area contributed by atoms with Gasteiger partial charge in [-0.15, -0.1) is 0 Å². The highest BCUT2D eigenvalue weighted by atomic mass is 32.1. The Kier molecular flexibility index (Phi) is 5.69. The van der Waals surface area contributed by atoms with Crippen LogP contribution in [0, 0.1) is 10.1 Å². The predicted octanol–water partition coefficient (Wildman–Crippen LogP) is 4.97. The fourth-order valence-electron chi connectivity index (χ4n) is 4.35. The van der Waals surface area contributed by atoms with Crippen molar-refractivity contribution in [2.45, 2.75) is 12.1 Å². The number of rotatable bonds is 6. The lowest BCUT2D eigenvalue weighted by Gasteiger charge is -2.29. The number of non-ortho nitro benzene ring substituents is 1. The van der Waals surface area contributed by atoms with Crippen molar-refractivity contribution < 1.29 is 9.66 Å². The van der Waals surface area contributed by atoms with Gasteiger partial charge >= 0.3 is 0 Å². The van der Waals surface area contributed by atoms with E-state index in [4.69, 9.17) is 17.0 Å². The van der Waals surface area contributed by atoms with E-state index < -0.39 is 4.92 Å². The summed E-state index contributed by atoms with van der Waals surface area (Å²) in [5.41, 5.74) is 3.49. The highest BCUT2D eigenvalue weighted by molar-refractivity contribution is 7.80. The SMILES string of the molecule is COc1ccccc1N1C(=S)NC(c2ccccn2)C1c1cccn1-c1ccc([N+](=O)[O-])cc1. The Hall–Kier alpha value is -4.24. The van der Waals surface area contributed by atoms with E-state index in [0.29, 0.717) is 10.9 Å². The Morgan fingerprint density at radius 1 is 1.03 bits per heavy atom. The highest BCUT2D eigenvalue weighted by Gasteiger charge is 2.43. The van der Waals surface area contributed by atoms with Crippen LogP contribution in [0.2, 0.25) is 0 Å². The fraction of sp³-hybridized carbons (Fsp3) is 0.120. The minimum absolute atomic E-state index is 0.0446. The van der Waals surface area contributed by atoms with E-state index in [1.165, 1.54) is 12.1 Å². The Bertz CT molecular complexity index is 1340. The lowest BCUT2D eigenvalue weighted by atomic mass is 10.0. The first-order valence-electron chi connectivity index (χ1n) is 10.6. The third-order valence-corrected chi connectivity index (χ3v) is 6.18. The molecule has 9 heteroatoms. The Morgan fingerprint density at radius 3 is 2.50 bits per heavy atom. The number of methoxy groups -OCH3 is 1. The number of anilines is 1. The lowest BCUT2D eigenvalue weighted by molar-refractivity contribution is -0.384. The molecular weight excluding hydrogens is 450 g/mol. The molecule has 5 rings (SSSR count). The van der Waals surface area contributed by atoms with Crippen LogP contribution in [0.3, 0.4) is 0 Å². The molecule has 8 nitrogen and oxygen atoms in total. The fourth-order valence-corrected chi connectivity index (χ4v) is 4.69. The second kappa shape index (κ2) is 8.95. The maximum Gasteiger partial charge on any atom is 0.269 e. The molecule has 0 bridgehead atoms. The summed E-state index contributed by atoms with van der Waals surface area (Å²) in [6.07, 6.45) is 3.70. The average Bonchev–Trinajstić information content (AvgIpc) is 3.48. The second-order valence-corrected chi connectivity index (χ2v) is 8.13. The molecule has 2 aromatic carbocycles. The number of aromatic nitrogens is 2. The Labute approximate surface area is 201 Å². The van der Waals surface area contributed by atoms with Gasteiger partial charge in [-0.3, -0.25) is 15.1 Å². The minimum atomic E-state index is -0.403. The van der Waals surface area contributed by atoms with Gasteiger partial charge < -0.3 is 19.5 Å².